The van der Waals surface area contributed by atoms with E-state index in [1.165, 1.54) is 12.8 Å². The summed E-state index contributed by atoms with van der Waals surface area (Å²) in [4.78, 5) is 19.2. The number of hydrogen-bond donors (Lipinski definition) is 0. The van der Waals surface area contributed by atoms with Gasteiger partial charge in [-0.25, -0.2) is 4.98 Å². The first-order valence-corrected chi connectivity index (χ1v) is 7.80. The molecule has 1 saturated carbocycles. The van der Waals surface area contributed by atoms with Crippen molar-refractivity contribution in [2.75, 3.05) is 25.2 Å². The van der Waals surface area contributed by atoms with Crippen LogP contribution in [0.2, 0.25) is 0 Å². The van der Waals surface area contributed by atoms with Crippen LogP contribution in [0, 0.1) is 5.92 Å². The number of hydrogen-bond acceptors (Lipinski definition) is 5. The summed E-state index contributed by atoms with van der Waals surface area (Å²) in [6.07, 6.45) is 5.34. The molecule has 0 radical (unpaired) electrons. The lowest BCUT2D eigenvalue weighted by atomic mass is 10.1. The number of nitrogens with zero attached hydrogens (tertiary/aromatic N) is 3. The minimum absolute atomic E-state index is 0.397. The van der Waals surface area contributed by atoms with Crippen LogP contribution in [0.3, 0.4) is 0 Å². The van der Waals surface area contributed by atoms with Gasteiger partial charge in [0.15, 0.2) is 17.1 Å². The van der Waals surface area contributed by atoms with E-state index in [4.69, 9.17) is 4.74 Å². The second-order valence-electron chi connectivity index (χ2n) is 5.26. The molecular formula is C14H19N3O2S. The van der Waals surface area contributed by atoms with Crippen molar-refractivity contribution in [2.24, 2.45) is 5.92 Å². The van der Waals surface area contributed by atoms with E-state index in [2.05, 4.69) is 16.8 Å². The average molecular weight is 293 g/mol. The number of anilines is 1. The highest BCUT2D eigenvalue weighted by Gasteiger charge is 2.34. The van der Waals surface area contributed by atoms with E-state index in [0.29, 0.717) is 24.3 Å². The molecule has 1 fully saturated rings. The van der Waals surface area contributed by atoms with E-state index in [1.54, 1.807) is 18.4 Å². The number of aldehydes is 1. The number of aromatic nitrogens is 2. The first-order chi connectivity index (χ1) is 9.76. The van der Waals surface area contributed by atoms with Crippen molar-refractivity contribution < 1.29 is 9.53 Å². The summed E-state index contributed by atoms with van der Waals surface area (Å²) in [7, 11) is 1.70. The molecule has 20 heavy (non-hydrogen) atoms. The van der Waals surface area contributed by atoms with Crippen LogP contribution in [0.15, 0.2) is 11.6 Å². The Kier molecular flexibility index (Phi) is 3.76. The Balaban J connectivity index is 1.98. The monoisotopic (exact) mass is 293 g/mol. The fraction of sp³-hybridized carbons (Fsp3) is 0.571. The number of methoxy groups -OCH3 is 1. The topological polar surface area (TPSA) is 46.8 Å². The van der Waals surface area contributed by atoms with Gasteiger partial charge in [-0.05, 0) is 25.7 Å². The first kappa shape index (κ1) is 13.6. The lowest BCUT2D eigenvalue weighted by Crippen LogP contribution is -2.38. The third kappa shape index (κ3) is 2.33. The van der Waals surface area contributed by atoms with Crippen molar-refractivity contribution in [3.8, 4) is 0 Å². The number of carbonyl (C=O) groups excluding carboxylic acids is 1. The van der Waals surface area contributed by atoms with Crippen LogP contribution in [0.5, 0.6) is 0 Å². The molecule has 1 unspecified atom stereocenters. The Morgan fingerprint density at radius 3 is 3.10 bits per heavy atom. The molecule has 2 heterocycles. The Hall–Kier alpha value is -1.40. The Morgan fingerprint density at radius 1 is 1.65 bits per heavy atom. The van der Waals surface area contributed by atoms with Gasteiger partial charge in [0, 0.05) is 31.3 Å². The Morgan fingerprint density at radius 2 is 2.45 bits per heavy atom. The Bertz CT molecular complexity index is 603. The second-order valence-corrected chi connectivity index (χ2v) is 6.13. The lowest BCUT2D eigenvalue weighted by Gasteiger charge is -2.29. The van der Waals surface area contributed by atoms with Crippen molar-refractivity contribution in [3.05, 3.63) is 17.3 Å². The normalized spacial score (nSPS) is 16.5. The quantitative estimate of drug-likeness (QED) is 0.736. The molecule has 5 nitrogen and oxygen atoms in total. The molecule has 0 aliphatic heterocycles. The molecule has 0 bridgehead atoms. The summed E-state index contributed by atoms with van der Waals surface area (Å²) < 4.78 is 7.08. The second kappa shape index (κ2) is 5.54. The smallest absolute Gasteiger partial charge is 0.196 e. The molecule has 1 aliphatic rings. The maximum absolute atomic E-state index is 11.5. The van der Waals surface area contributed by atoms with E-state index in [9.17, 15) is 4.79 Å². The van der Waals surface area contributed by atoms with Crippen LogP contribution in [-0.2, 0) is 4.74 Å². The van der Waals surface area contributed by atoms with Crippen LogP contribution < -0.4 is 4.90 Å². The van der Waals surface area contributed by atoms with Crippen LogP contribution >= 0.6 is 11.3 Å². The third-order valence-electron chi connectivity index (χ3n) is 4.00. The molecule has 2 aromatic heterocycles. The van der Waals surface area contributed by atoms with Gasteiger partial charge >= 0.3 is 0 Å². The molecule has 3 rings (SSSR count). The summed E-state index contributed by atoms with van der Waals surface area (Å²) in [5, 5.41) is 1.95. The van der Waals surface area contributed by atoms with Gasteiger partial charge in [0.25, 0.3) is 0 Å². The van der Waals surface area contributed by atoms with E-state index >= 15 is 0 Å². The van der Waals surface area contributed by atoms with Crippen LogP contribution in [0.4, 0.5) is 5.82 Å². The van der Waals surface area contributed by atoms with Gasteiger partial charge in [0.1, 0.15) is 5.69 Å². The first-order valence-electron chi connectivity index (χ1n) is 6.92. The zero-order valence-electron chi connectivity index (χ0n) is 11.8. The summed E-state index contributed by atoms with van der Waals surface area (Å²) in [6.45, 7) is 3.62. The molecule has 0 amide bonds. The molecule has 0 saturated heterocycles. The molecule has 0 spiro atoms. The maximum Gasteiger partial charge on any atom is 0.196 e. The molecule has 6 heteroatoms. The van der Waals surface area contributed by atoms with Gasteiger partial charge in [-0.15, -0.1) is 11.3 Å². The maximum atomic E-state index is 11.5. The number of imidazole rings is 1. The van der Waals surface area contributed by atoms with Gasteiger partial charge in [-0.1, -0.05) is 0 Å². The van der Waals surface area contributed by atoms with Crippen LogP contribution in [-0.4, -0.2) is 42.0 Å². The summed E-state index contributed by atoms with van der Waals surface area (Å²) in [6, 6.07) is 0.397. The van der Waals surface area contributed by atoms with Crippen LogP contribution in [0.1, 0.15) is 30.3 Å². The molecule has 0 aromatic carbocycles. The van der Waals surface area contributed by atoms with E-state index < -0.39 is 0 Å². The number of ether oxygens (including phenoxy) is 1. The third-order valence-corrected chi connectivity index (χ3v) is 4.75. The zero-order chi connectivity index (χ0) is 14.1. The van der Waals surface area contributed by atoms with Gasteiger partial charge in [0.2, 0.25) is 0 Å². The average Bonchev–Trinajstić information content (AvgIpc) is 3.11. The van der Waals surface area contributed by atoms with Gasteiger partial charge in [-0.2, -0.15) is 0 Å². The van der Waals surface area contributed by atoms with Gasteiger partial charge in [-0.3, -0.25) is 9.20 Å². The minimum Gasteiger partial charge on any atom is -0.383 e. The van der Waals surface area contributed by atoms with Crippen molar-refractivity contribution in [1.29, 1.82) is 0 Å². The van der Waals surface area contributed by atoms with E-state index in [1.807, 2.05) is 16.0 Å². The van der Waals surface area contributed by atoms with E-state index in [0.717, 1.165) is 23.6 Å². The molecular weight excluding hydrogens is 274 g/mol. The molecule has 1 atom stereocenters. The number of thiazole rings is 1. The van der Waals surface area contributed by atoms with Gasteiger partial charge in [0.05, 0.1) is 6.61 Å². The largest absolute Gasteiger partial charge is 0.383 e. The summed E-state index contributed by atoms with van der Waals surface area (Å²) >= 11 is 1.55. The lowest BCUT2D eigenvalue weighted by molar-refractivity contribution is 0.111. The summed E-state index contributed by atoms with van der Waals surface area (Å²) in [5.74, 6) is 1.51. The Labute approximate surface area is 122 Å². The SMILES string of the molecule is COCCN(c1nc2sccn2c1C=O)C(C)C1CC1. The minimum atomic E-state index is 0.397. The van der Waals surface area contributed by atoms with Crippen molar-refractivity contribution in [1.82, 2.24) is 9.38 Å². The predicted molar refractivity (Wildman–Crippen MR) is 79.9 cm³/mol. The highest BCUT2D eigenvalue weighted by atomic mass is 32.1. The molecule has 108 valence electrons. The van der Waals surface area contributed by atoms with Crippen molar-refractivity contribution in [2.45, 2.75) is 25.8 Å². The molecule has 0 N–H and O–H groups in total. The molecule has 1 aliphatic carbocycles. The van der Waals surface area contributed by atoms with Crippen molar-refractivity contribution >= 4 is 28.4 Å². The number of carbonyl (C=O) groups is 1. The highest BCUT2D eigenvalue weighted by Crippen LogP contribution is 2.37. The number of rotatable bonds is 7. The predicted octanol–water partition coefficient (Wildman–Crippen LogP) is 2.46. The fourth-order valence-corrected chi connectivity index (χ4v) is 3.35. The fourth-order valence-electron chi connectivity index (χ4n) is 2.64. The number of fused-ring (bicyclic) bond motifs is 1. The summed E-state index contributed by atoms with van der Waals surface area (Å²) in [5.41, 5.74) is 0.643. The standard InChI is InChI=1S/C14H19N3O2S/c1-10(11-3-4-11)16(5-7-19-2)13-12(9-18)17-6-8-20-14(17)15-13/h6,8-11H,3-5,7H2,1-2H3. The van der Waals surface area contributed by atoms with Crippen LogP contribution in [0.25, 0.3) is 4.96 Å². The highest BCUT2D eigenvalue weighted by molar-refractivity contribution is 7.15. The van der Waals surface area contributed by atoms with Crippen molar-refractivity contribution in [3.63, 3.8) is 0 Å². The van der Waals surface area contributed by atoms with E-state index in [-0.39, 0.29) is 0 Å². The zero-order valence-corrected chi connectivity index (χ0v) is 12.6. The van der Waals surface area contributed by atoms with Gasteiger partial charge < -0.3 is 9.64 Å². The molecule has 2 aromatic rings.